The van der Waals surface area contributed by atoms with E-state index in [-0.39, 0.29) is 24.8 Å². The average molecular weight is 562 g/mol. The van der Waals surface area contributed by atoms with Crippen molar-refractivity contribution in [2.45, 2.75) is 11.9 Å². The largest absolute Gasteiger partial charge is 1.00 e. The van der Waals surface area contributed by atoms with E-state index in [1.54, 1.807) is 6.54 Å². The Labute approximate surface area is 216 Å². The third-order valence-corrected chi connectivity index (χ3v) is 27.8. The van der Waals surface area contributed by atoms with E-state index in [4.69, 9.17) is 0 Å². The van der Waals surface area contributed by atoms with Gasteiger partial charge < -0.3 is 24.8 Å². The van der Waals surface area contributed by atoms with Gasteiger partial charge in [-0.15, -0.1) is 0 Å². The zero-order valence-electron chi connectivity index (χ0n) is 19.1. The first-order chi connectivity index (χ1) is 15.7. The third kappa shape index (κ3) is 3.36. The molecule has 4 aromatic rings. The van der Waals surface area contributed by atoms with Crippen LogP contribution in [0.4, 0.5) is 0 Å². The van der Waals surface area contributed by atoms with Crippen LogP contribution in [0.5, 0.6) is 0 Å². The molecule has 2 aliphatic rings. The molecule has 0 bridgehead atoms. The number of allylic oxidation sites excluding steroid dienone is 2. The summed E-state index contributed by atoms with van der Waals surface area (Å²) in [5.74, 6) is 0. The summed E-state index contributed by atoms with van der Waals surface area (Å²) in [6, 6.07) is 41.0. The van der Waals surface area contributed by atoms with Crippen LogP contribution in [0.1, 0.15) is 29.5 Å². The minimum atomic E-state index is -4.17. The molecule has 0 radical (unpaired) electrons. The second-order valence-electron chi connectivity index (χ2n) is 9.61. The molecule has 0 saturated heterocycles. The Hall–Kier alpha value is -2.18. The van der Waals surface area contributed by atoms with Crippen LogP contribution in [-0.4, -0.2) is 0 Å². The minimum absolute atomic E-state index is 0. The number of benzene rings is 4. The third-order valence-electron chi connectivity index (χ3n) is 8.28. The van der Waals surface area contributed by atoms with Crippen LogP contribution >= 0.6 is 0 Å². The van der Waals surface area contributed by atoms with Gasteiger partial charge in [0.2, 0.25) is 0 Å². The maximum Gasteiger partial charge on any atom is -1.00 e. The molecule has 0 nitrogen and oxygen atoms in total. The van der Waals surface area contributed by atoms with E-state index < -0.39 is 18.8 Å². The van der Waals surface area contributed by atoms with Crippen LogP contribution in [0, 0.1) is 0 Å². The van der Waals surface area contributed by atoms with Crippen molar-refractivity contribution in [2.24, 2.45) is 0 Å². The summed E-state index contributed by atoms with van der Waals surface area (Å²) < 4.78 is 6.62. The fourth-order valence-electron chi connectivity index (χ4n) is 6.64. The number of rotatable bonds is 4. The van der Waals surface area contributed by atoms with E-state index in [1.165, 1.54) is 22.3 Å². The standard InChI is InChI=1S/2C9H7.2C6H5.CH3.2ClH.Zr/c2*1-2-5-9-7-3-6-8(9)4-1;2*1-2-4-6-5-3-1;;;;/h2*1-7H;2*1-5H;1H3;2*1H;/q;;;;;;;+2/p-2. The van der Waals surface area contributed by atoms with Gasteiger partial charge in [0.1, 0.15) is 0 Å². The molecule has 0 saturated carbocycles. The summed E-state index contributed by atoms with van der Waals surface area (Å²) in [5, 5.41) is 0. The Morgan fingerprint density at radius 2 is 0.824 bits per heavy atom. The quantitative estimate of drug-likeness (QED) is 0.348. The van der Waals surface area contributed by atoms with Gasteiger partial charge in [-0.2, -0.15) is 0 Å². The maximum atomic E-state index is 2.71. The van der Waals surface area contributed by atoms with Gasteiger partial charge in [0.05, 0.1) is 0 Å². The number of fused-ring (bicyclic) bond motifs is 2. The van der Waals surface area contributed by atoms with E-state index >= 15 is 0 Å². The maximum absolute atomic E-state index is 4.17. The molecule has 2 unspecified atom stereocenters. The molecule has 169 valence electrons. The summed E-state index contributed by atoms with van der Waals surface area (Å²) in [6.07, 6.45) is 9.80. The molecule has 6 rings (SSSR count). The van der Waals surface area contributed by atoms with Crippen molar-refractivity contribution >= 4 is 18.7 Å². The molecule has 0 aromatic heterocycles. The molecule has 0 fully saturated rings. The molecule has 0 aliphatic heterocycles. The fourth-order valence-corrected chi connectivity index (χ4v) is 25.4. The second-order valence-corrected chi connectivity index (χ2v) is 25.1. The van der Waals surface area contributed by atoms with Crippen molar-refractivity contribution in [1.82, 2.24) is 0 Å². The summed E-state index contributed by atoms with van der Waals surface area (Å²) in [5.41, 5.74) is 5.74. The number of hydrogen-bond acceptors (Lipinski definition) is 0. The van der Waals surface area contributed by atoms with Gasteiger partial charge in [-0.25, -0.2) is 0 Å². The van der Waals surface area contributed by atoms with Gasteiger partial charge >= 0.3 is 193 Å². The first-order valence-electron chi connectivity index (χ1n) is 11.5. The Balaban J connectivity index is 0.00000137. The van der Waals surface area contributed by atoms with Crippen molar-refractivity contribution in [3.63, 3.8) is 0 Å². The topological polar surface area (TPSA) is 0 Å². The summed E-state index contributed by atoms with van der Waals surface area (Å²) in [7, 11) is 0. The zero-order valence-corrected chi connectivity index (χ0v) is 23.1. The van der Waals surface area contributed by atoms with E-state index in [0.717, 1.165) is 0 Å². The zero-order chi connectivity index (χ0) is 21.6. The van der Waals surface area contributed by atoms with Crippen molar-refractivity contribution in [3.05, 3.63) is 144 Å². The van der Waals surface area contributed by atoms with Crippen LogP contribution in [0.3, 0.4) is 0 Å². The van der Waals surface area contributed by atoms with Crippen LogP contribution < -0.4 is 31.4 Å². The molecule has 0 heterocycles. The van der Waals surface area contributed by atoms with E-state index in [9.17, 15) is 0 Å². The van der Waals surface area contributed by atoms with Crippen LogP contribution in [0.15, 0.2) is 121 Å². The average Bonchev–Trinajstić information content (AvgIpc) is 3.50. The smallest absolute Gasteiger partial charge is 1.00 e. The number of halogens is 2. The van der Waals surface area contributed by atoms with Gasteiger partial charge in [-0.1, -0.05) is 0 Å². The van der Waals surface area contributed by atoms with Crippen LogP contribution in [0.25, 0.3) is 12.2 Å². The Morgan fingerprint density at radius 3 is 1.24 bits per heavy atom. The van der Waals surface area contributed by atoms with Gasteiger partial charge in [0.15, 0.2) is 0 Å². The monoisotopic (exact) mass is 559 g/mol. The van der Waals surface area contributed by atoms with Gasteiger partial charge in [0.25, 0.3) is 0 Å². The Morgan fingerprint density at radius 1 is 0.471 bits per heavy atom. The predicted molar refractivity (Wildman–Crippen MR) is 134 cm³/mol. The number of hydrogen-bond donors (Lipinski definition) is 0. The minimum Gasteiger partial charge on any atom is -1.00 e. The van der Waals surface area contributed by atoms with E-state index in [2.05, 4.69) is 138 Å². The Bertz CT molecular complexity index is 1250. The van der Waals surface area contributed by atoms with Crippen molar-refractivity contribution < 1.29 is 43.6 Å². The molecule has 0 spiro atoms. The van der Waals surface area contributed by atoms with E-state index in [1.807, 2.05) is 0 Å². The van der Waals surface area contributed by atoms with Crippen LogP contribution in [-0.2, 0) is 18.8 Å². The second kappa shape index (κ2) is 9.46. The van der Waals surface area contributed by atoms with Crippen molar-refractivity contribution in [2.75, 3.05) is 0 Å². The van der Waals surface area contributed by atoms with Gasteiger partial charge in [-0.3, -0.25) is 0 Å². The molecule has 2 atom stereocenters. The molecular formula is C31H27Cl2Zr. The summed E-state index contributed by atoms with van der Waals surface area (Å²) >= 11 is -4.17. The van der Waals surface area contributed by atoms with Crippen molar-refractivity contribution in [3.8, 4) is 0 Å². The molecule has 2 aliphatic carbocycles. The SMILES string of the molecule is [CH3][Zr+2]([c]1ccccc1)([c]1ccccc1)([CH]1C=Cc2ccccc21)[CH]1C=Cc2ccccc21.[Cl-].[Cl-]. The first-order valence-corrected chi connectivity index (χ1v) is 19.3. The fraction of sp³-hybridized carbons (Fsp3) is 0.0968. The molecule has 34 heavy (non-hydrogen) atoms. The predicted octanol–water partition coefficient (Wildman–Crippen LogP) is 0.919. The summed E-state index contributed by atoms with van der Waals surface area (Å²) in [6.45, 7) is 0. The van der Waals surface area contributed by atoms with Gasteiger partial charge in [-0.05, 0) is 0 Å². The molecular weight excluding hydrogens is 534 g/mol. The molecule has 0 N–H and O–H groups in total. The van der Waals surface area contributed by atoms with Crippen molar-refractivity contribution in [1.29, 1.82) is 0 Å². The molecule has 4 aromatic carbocycles. The first kappa shape index (κ1) is 24.9. The molecule has 0 amide bonds. The molecule has 3 heteroatoms. The van der Waals surface area contributed by atoms with E-state index in [0.29, 0.717) is 7.25 Å². The van der Waals surface area contributed by atoms with Crippen LogP contribution in [0.2, 0.25) is 4.63 Å². The summed E-state index contributed by atoms with van der Waals surface area (Å²) in [4.78, 5) is 0. The Kier molecular flexibility index (Phi) is 6.94. The normalized spacial score (nSPS) is 17.9. The van der Waals surface area contributed by atoms with Gasteiger partial charge in [0, 0.05) is 0 Å².